The van der Waals surface area contributed by atoms with Crippen LogP contribution in [0.5, 0.6) is 0 Å². The number of nitrogens with zero attached hydrogens (tertiary/aromatic N) is 5. The van der Waals surface area contributed by atoms with E-state index in [9.17, 15) is 24.1 Å². The van der Waals surface area contributed by atoms with Crippen molar-refractivity contribution in [2.75, 3.05) is 26.2 Å². The number of carbonyl (C=O) groups is 2. The van der Waals surface area contributed by atoms with Gasteiger partial charge >= 0.3 is 0 Å². The number of benzene rings is 2. The van der Waals surface area contributed by atoms with Crippen LogP contribution in [0.4, 0.5) is 10.1 Å². The first-order valence-electron chi connectivity index (χ1n) is 10.1. The zero-order valence-corrected chi connectivity index (χ0v) is 17.1. The Morgan fingerprint density at radius 3 is 2.38 bits per heavy atom. The van der Waals surface area contributed by atoms with Crippen molar-refractivity contribution in [1.29, 1.82) is 0 Å². The Hall–Kier alpha value is -4.08. The fourth-order valence-corrected chi connectivity index (χ4v) is 3.73. The molecule has 1 aliphatic heterocycles. The van der Waals surface area contributed by atoms with Crippen molar-refractivity contribution in [3.8, 4) is 5.69 Å². The summed E-state index contributed by atoms with van der Waals surface area (Å²) in [6.45, 7) is 1.26. The first-order valence-corrected chi connectivity index (χ1v) is 10.1. The lowest BCUT2D eigenvalue weighted by atomic mass is 10.1. The standard InChI is InChI=1S/C22H20FN5O4/c23-18-5-2-1-4-17(18)22(30)26-10-3-9-25(12-13-26)21(29)16-6-7-19(20(14-16)28(31)32)27-11-8-24-15-27/h1-2,4-8,11,14-15H,3,9-10,12-13H2. The lowest BCUT2D eigenvalue weighted by Gasteiger charge is -2.22. The highest BCUT2D eigenvalue weighted by Crippen LogP contribution is 2.25. The Bertz CT molecular complexity index is 1160. The molecule has 2 aromatic carbocycles. The molecule has 0 unspecified atom stereocenters. The van der Waals surface area contributed by atoms with E-state index in [1.54, 1.807) is 17.2 Å². The molecule has 0 N–H and O–H groups in total. The van der Waals surface area contributed by atoms with E-state index in [4.69, 9.17) is 0 Å². The van der Waals surface area contributed by atoms with Gasteiger partial charge < -0.3 is 14.4 Å². The molecule has 1 fully saturated rings. The number of hydrogen-bond acceptors (Lipinski definition) is 5. The van der Waals surface area contributed by atoms with Crippen LogP contribution in [0.1, 0.15) is 27.1 Å². The molecule has 1 aliphatic rings. The van der Waals surface area contributed by atoms with E-state index in [1.165, 1.54) is 58.4 Å². The normalized spacial score (nSPS) is 14.2. The molecule has 1 saturated heterocycles. The molecule has 9 nitrogen and oxygen atoms in total. The molecule has 3 aromatic rings. The van der Waals surface area contributed by atoms with Crippen molar-refractivity contribution in [3.63, 3.8) is 0 Å². The number of halogens is 1. The maximum absolute atomic E-state index is 14.0. The number of hydrogen-bond donors (Lipinski definition) is 0. The average molecular weight is 437 g/mol. The third-order valence-electron chi connectivity index (χ3n) is 5.38. The highest BCUT2D eigenvalue weighted by Gasteiger charge is 2.26. The van der Waals surface area contributed by atoms with Gasteiger partial charge in [-0.05, 0) is 30.7 Å². The summed E-state index contributed by atoms with van der Waals surface area (Å²) in [6, 6.07) is 10.1. The van der Waals surface area contributed by atoms with Crippen LogP contribution < -0.4 is 0 Å². The average Bonchev–Trinajstić information content (AvgIpc) is 3.22. The minimum Gasteiger partial charge on any atom is -0.337 e. The molecule has 2 heterocycles. The molecule has 0 spiro atoms. The van der Waals surface area contributed by atoms with Gasteiger partial charge in [-0.25, -0.2) is 9.37 Å². The summed E-state index contributed by atoms with van der Waals surface area (Å²) in [5.74, 6) is -1.36. The number of amides is 2. The van der Waals surface area contributed by atoms with Crippen LogP contribution in [0.2, 0.25) is 0 Å². The van der Waals surface area contributed by atoms with Crippen molar-refractivity contribution in [3.05, 3.63) is 88.2 Å². The van der Waals surface area contributed by atoms with Crippen LogP contribution in [-0.4, -0.2) is 62.3 Å². The van der Waals surface area contributed by atoms with Crippen molar-refractivity contribution < 1.29 is 18.9 Å². The second kappa shape index (κ2) is 8.96. The van der Waals surface area contributed by atoms with E-state index >= 15 is 0 Å². The van der Waals surface area contributed by atoms with Gasteiger partial charge in [0.05, 0.1) is 16.8 Å². The van der Waals surface area contributed by atoms with Crippen molar-refractivity contribution >= 4 is 17.5 Å². The van der Waals surface area contributed by atoms with E-state index in [0.29, 0.717) is 25.2 Å². The SMILES string of the molecule is O=C(c1ccc(-n2ccnc2)c([N+](=O)[O-])c1)N1CCCN(C(=O)c2ccccc2F)CC1. The number of nitro groups is 1. The van der Waals surface area contributed by atoms with Gasteiger partial charge in [0.15, 0.2) is 0 Å². The molecule has 2 amide bonds. The molecule has 10 heteroatoms. The number of aromatic nitrogens is 2. The summed E-state index contributed by atoms with van der Waals surface area (Å²) < 4.78 is 15.5. The number of rotatable bonds is 4. The van der Waals surface area contributed by atoms with Gasteiger partial charge in [0.1, 0.15) is 11.5 Å². The van der Waals surface area contributed by atoms with Crippen molar-refractivity contribution in [2.24, 2.45) is 0 Å². The molecule has 0 aliphatic carbocycles. The summed E-state index contributed by atoms with van der Waals surface area (Å²) >= 11 is 0. The van der Waals surface area contributed by atoms with E-state index in [-0.39, 0.29) is 35.8 Å². The van der Waals surface area contributed by atoms with Crippen LogP contribution in [0.3, 0.4) is 0 Å². The molecule has 32 heavy (non-hydrogen) atoms. The van der Waals surface area contributed by atoms with Crippen molar-refractivity contribution in [2.45, 2.75) is 6.42 Å². The van der Waals surface area contributed by atoms with Gasteiger partial charge in [-0.2, -0.15) is 0 Å². The molecule has 0 radical (unpaired) electrons. The lowest BCUT2D eigenvalue weighted by molar-refractivity contribution is -0.384. The van der Waals surface area contributed by atoms with E-state index in [0.717, 1.165) is 0 Å². The fourth-order valence-electron chi connectivity index (χ4n) is 3.73. The highest BCUT2D eigenvalue weighted by atomic mass is 19.1. The summed E-state index contributed by atoms with van der Waals surface area (Å²) in [5, 5.41) is 11.6. The zero-order valence-electron chi connectivity index (χ0n) is 17.1. The van der Waals surface area contributed by atoms with E-state index in [2.05, 4.69) is 4.98 Å². The monoisotopic (exact) mass is 437 g/mol. The predicted octanol–water partition coefficient (Wildman–Crippen LogP) is 2.91. The van der Waals surface area contributed by atoms with Gasteiger partial charge in [-0.15, -0.1) is 0 Å². The maximum Gasteiger partial charge on any atom is 0.294 e. The Kier molecular flexibility index (Phi) is 5.93. The predicted molar refractivity (Wildman–Crippen MR) is 113 cm³/mol. The van der Waals surface area contributed by atoms with Crippen LogP contribution in [0.25, 0.3) is 5.69 Å². The molecule has 0 atom stereocenters. The maximum atomic E-state index is 14.0. The number of carbonyl (C=O) groups excluding carboxylic acids is 2. The topological polar surface area (TPSA) is 102 Å². The van der Waals surface area contributed by atoms with Gasteiger partial charge in [-0.3, -0.25) is 19.7 Å². The molecule has 164 valence electrons. The second-order valence-electron chi connectivity index (χ2n) is 7.35. The van der Waals surface area contributed by atoms with Crippen LogP contribution >= 0.6 is 0 Å². The van der Waals surface area contributed by atoms with Gasteiger partial charge in [0.2, 0.25) is 0 Å². The molecule has 1 aromatic heterocycles. The largest absolute Gasteiger partial charge is 0.337 e. The summed E-state index contributed by atoms with van der Waals surface area (Å²) in [5.41, 5.74) is 0.286. The zero-order chi connectivity index (χ0) is 22.7. The minimum absolute atomic E-state index is 0.00186. The first-order chi connectivity index (χ1) is 15.5. The first kappa shape index (κ1) is 21.2. The summed E-state index contributed by atoms with van der Waals surface area (Å²) in [4.78, 5) is 43.8. The summed E-state index contributed by atoms with van der Waals surface area (Å²) in [6.07, 6.45) is 5.05. The highest BCUT2D eigenvalue weighted by molar-refractivity contribution is 5.96. The summed E-state index contributed by atoms with van der Waals surface area (Å²) in [7, 11) is 0. The molecular weight excluding hydrogens is 417 g/mol. The van der Waals surface area contributed by atoms with Crippen LogP contribution in [-0.2, 0) is 0 Å². The number of nitro benzene ring substituents is 1. The third kappa shape index (κ3) is 4.20. The van der Waals surface area contributed by atoms with Gasteiger partial charge in [0, 0.05) is 50.2 Å². The Labute approximate surface area is 182 Å². The molecule has 4 rings (SSSR count). The van der Waals surface area contributed by atoms with Gasteiger partial charge in [0.25, 0.3) is 17.5 Å². The van der Waals surface area contributed by atoms with Crippen LogP contribution in [0.15, 0.2) is 61.2 Å². The quantitative estimate of drug-likeness (QED) is 0.461. The Morgan fingerprint density at radius 1 is 1.00 bits per heavy atom. The van der Waals surface area contributed by atoms with Gasteiger partial charge in [-0.1, -0.05) is 12.1 Å². The second-order valence-corrected chi connectivity index (χ2v) is 7.35. The molecule has 0 saturated carbocycles. The minimum atomic E-state index is -0.583. The van der Waals surface area contributed by atoms with E-state index in [1.807, 2.05) is 0 Å². The number of imidazole rings is 1. The Morgan fingerprint density at radius 2 is 1.72 bits per heavy atom. The van der Waals surface area contributed by atoms with Crippen molar-refractivity contribution in [1.82, 2.24) is 19.4 Å². The van der Waals surface area contributed by atoms with E-state index < -0.39 is 16.6 Å². The Balaban J connectivity index is 1.51. The lowest BCUT2D eigenvalue weighted by Crippen LogP contribution is -2.37. The fraction of sp³-hybridized carbons (Fsp3) is 0.227. The smallest absolute Gasteiger partial charge is 0.294 e. The molecule has 0 bridgehead atoms. The molecular formula is C22H20FN5O4. The third-order valence-corrected chi connectivity index (χ3v) is 5.38. The van der Waals surface area contributed by atoms with Crippen LogP contribution in [0, 0.1) is 15.9 Å².